The zero-order valence-electron chi connectivity index (χ0n) is 15.5. The van der Waals surface area contributed by atoms with E-state index in [4.69, 9.17) is 4.74 Å². The van der Waals surface area contributed by atoms with E-state index >= 15 is 0 Å². The van der Waals surface area contributed by atoms with Crippen LogP contribution in [0, 0.1) is 0 Å². The second kappa shape index (κ2) is 10.2. The predicted molar refractivity (Wildman–Crippen MR) is 116 cm³/mol. The Morgan fingerprint density at radius 1 is 1.11 bits per heavy atom. The van der Waals surface area contributed by atoms with Crippen molar-refractivity contribution in [3.05, 3.63) is 46.9 Å². The van der Waals surface area contributed by atoms with Crippen LogP contribution in [0.25, 0.3) is 21.3 Å². The molecular weight excluding hydrogens is 427 g/mol. The number of halogens is 2. The van der Waals surface area contributed by atoms with Crippen molar-refractivity contribution in [3.8, 4) is 17.0 Å². The molecule has 1 heterocycles. The zero-order valence-corrected chi connectivity index (χ0v) is 17.9. The van der Waals surface area contributed by atoms with Crippen LogP contribution in [-0.2, 0) is 0 Å². The molecule has 0 aliphatic carbocycles. The lowest BCUT2D eigenvalue weighted by Crippen LogP contribution is -2.27. The van der Waals surface area contributed by atoms with Crippen molar-refractivity contribution in [2.75, 3.05) is 32.9 Å². The largest absolute Gasteiger partial charge is 0.494 e. The molecule has 3 nitrogen and oxygen atoms in total. The van der Waals surface area contributed by atoms with Crippen LogP contribution in [-0.4, -0.2) is 42.2 Å². The summed E-state index contributed by atoms with van der Waals surface area (Å²) < 4.78 is 25.1. The van der Waals surface area contributed by atoms with Gasteiger partial charge in [-0.25, -0.2) is 4.39 Å². The summed E-state index contributed by atoms with van der Waals surface area (Å²) in [7, 11) is 0. The number of rotatable bonds is 10. The average Bonchev–Trinajstić information content (AvgIpc) is 3.10. The number of benzene rings is 2. The van der Waals surface area contributed by atoms with Crippen LogP contribution < -0.4 is 4.74 Å². The summed E-state index contributed by atoms with van der Waals surface area (Å²) in [6.45, 7) is 4.82. The van der Waals surface area contributed by atoms with Gasteiger partial charge in [0.2, 0.25) is 0 Å². The second-order valence-electron chi connectivity index (χ2n) is 6.37. The van der Waals surface area contributed by atoms with Crippen LogP contribution >= 0.6 is 27.5 Å². The summed E-state index contributed by atoms with van der Waals surface area (Å²) in [5, 5.41) is 1.15. The molecule has 6 heteroatoms. The van der Waals surface area contributed by atoms with Gasteiger partial charge in [0.25, 0.3) is 0 Å². The number of hydrogen-bond acceptors (Lipinski definition) is 4. The lowest BCUT2D eigenvalue weighted by atomic mass is 10.1. The van der Waals surface area contributed by atoms with E-state index in [1.54, 1.807) is 0 Å². The molecule has 0 unspecified atom stereocenters. The molecule has 2 aromatic carbocycles. The van der Waals surface area contributed by atoms with Gasteiger partial charge in [-0.1, -0.05) is 35.0 Å². The summed E-state index contributed by atoms with van der Waals surface area (Å²) in [5.74, 6) is 0.879. The van der Waals surface area contributed by atoms with E-state index < -0.39 is 0 Å². The Bertz CT molecular complexity index is 853. The molecule has 3 rings (SSSR count). The SMILES string of the molecule is CCN(CCF)CCCCOc1ccc2c(-c3ccc(Br)cc3)nsc2c1. The highest BCUT2D eigenvalue weighted by atomic mass is 79.9. The smallest absolute Gasteiger partial charge is 0.120 e. The molecule has 0 N–H and O–H groups in total. The monoisotopic (exact) mass is 450 g/mol. The van der Waals surface area contributed by atoms with Crippen LogP contribution in [0.5, 0.6) is 5.75 Å². The Labute approximate surface area is 172 Å². The van der Waals surface area contributed by atoms with E-state index in [1.807, 2.05) is 18.2 Å². The molecule has 0 fully saturated rings. The van der Waals surface area contributed by atoms with Gasteiger partial charge in [0.1, 0.15) is 12.4 Å². The van der Waals surface area contributed by atoms with E-state index in [-0.39, 0.29) is 6.67 Å². The highest BCUT2D eigenvalue weighted by Gasteiger charge is 2.09. The fourth-order valence-electron chi connectivity index (χ4n) is 3.00. The third-order valence-corrected chi connectivity index (χ3v) is 5.88. The van der Waals surface area contributed by atoms with Gasteiger partial charge in [-0.15, -0.1) is 0 Å². The molecule has 27 heavy (non-hydrogen) atoms. The topological polar surface area (TPSA) is 25.4 Å². The Kier molecular flexibility index (Phi) is 7.61. The Morgan fingerprint density at radius 2 is 1.93 bits per heavy atom. The van der Waals surface area contributed by atoms with Crippen molar-refractivity contribution in [2.45, 2.75) is 19.8 Å². The second-order valence-corrected chi connectivity index (χ2v) is 8.10. The molecule has 0 saturated carbocycles. The van der Waals surface area contributed by atoms with Crippen molar-refractivity contribution in [2.24, 2.45) is 0 Å². The summed E-state index contributed by atoms with van der Waals surface area (Å²) in [6.07, 6.45) is 1.98. The van der Waals surface area contributed by atoms with Crippen molar-refractivity contribution >= 4 is 37.5 Å². The van der Waals surface area contributed by atoms with E-state index in [9.17, 15) is 4.39 Å². The maximum Gasteiger partial charge on any atom is 0.120 e. The van der Waals surface area contributed by atoms with Crippen LogP contribution in [0.1, 0.15) is 19.8 Å². The van der Waals surface area contributed by atoms with Gasteiger partial charge in [0, 0.05) is 22.0 Å². The van der Waals surface area contributed by atoms with Gasteiger partial charge in [-0.05, 0) is 67.8 Å². The Balaban J connectivity index is 1.55. The van der Waals surface area contributed by atoms with Gasteiger partial charge in [-0.3, -0.25) is 0 Å². The number of fused-ring (bicyclic) bond motifs is 1. The standard InChI is InChI=1S/C21H24BrFN2OS/c1-2-25(13-11-23)12-3-4-14-26-18-9-10-19-20(15-18)27-24-21(19)16-5-7-17(22)8-6-16/h5-10,15H,2-4,11-14H2,1H3. The zero-order chi connectivity index (χ0) is 19.1. The van der Waals surface area contributed by atoms with Crippen LogP contribution in [0.15, 0.2) is 46.9 Å². The minimum Gasteiger partial charge on any atom is -0.494 e. The summed E-state index contributed by atoms with van der Waals surface area (Å²) in [4.78, 5) is 2.13. The molecule has 0 amide bonds. The number of alkyl halides is 1. The Morgan fingerprint density at radius 3 is 2.67 bits per heavy atom. The number of unbranched alkanes of at least 4 members (excludes halogenated alkanes) is 1. The van der Waals surface area contributed by atoms with Crippen molar-refractivity contribution in [3.63, 3.8) is 0 Å². The molecular formula is C21H24BrFN2OS. The first-order valence-electron chi connectivity index (χ1n) is 9.27. The normalized spacial score (nSPS) is 11.4. The number of aromatic nitrogens is 1. The molecule has 1 aromatic heterocycles. The van der Waals surface area contributed by atoms with Gasteiger partial charge in [0.05, 0.1) is 17.0 Å². The van der Waals surface area contributed by atoms with Gasteiger partial charge in [-0.2, -0.15) is 4.37 Å². The minimum absolute atomic E-state index is 0.276. The van der Waals surface area contributed by atoms with Crippen LogP contribution in [0.2, 0.25) is 0 Å². The Hall–Kier alpha value is -1.50. The van der Waals surface area contributed by atoms with Gasteiger partial charge < -0.3 is 9.64 Å². The fourth-order valence-corrected chi connectivity index (χ4v) is 4.09. The molecule has 0 spiro atoms. The molecule has 144 valence electrons. The van der Waals surface area contributed by atoms with Crippen LogP contribution in [0.3, 0.4) is 0 Å². The third kappa shape index (κ3) is 5.50. The van der Waals surface area contributed by atoms with E-state index in [0.29, 0.717) is 13.2 Å². The summed E-state index contributed by atoms with van der Waals surface area (Å²) >= 11 is 4.97. The summed E-state index contributed by atoms with van der Waals surface area (Å²) in [5.41, 5.74) is 2.13. The quantitative estimate of drug-likeness (QED) is 0.345. The number of hydrogen-bond donors (Lipinski definition) is 0. The molecule has 0 atom stereocenters. The predicted octanol–water partition coefficient (Wildman–Crippen LogP) is 6.18. The highest BCUT2D eigenvalue weighted by molar-refractivity contribution is 9.10. The fraction of sp³-hybridized carbons (Fsp3) is 0.381. The van der Waals surface area contributed by atoms with Crippen molar-refractivity contribution < 1.29 is 9.13 Å². The van der Waals surface area contributed by atoms with Crippen molar-refractivity contribution in [1.82, 2.24) is 9.27 Å². The number of ether oxygens (including phenoxy) is 1. The average molecular weight is 451 g/mol. The lowest BCUT2D eigenvalue weighted by molar-refractivity contribution is 0.241. The first-order chi connectivity index (χ1) is 13.2. The minimum atomic E-state index is -0.276. The van der Waals surface area contributed by atoms with E-state index in [2.05, 4.69) is 56.4 Å². The maximum atomic E-state index is 12.4. The molecule has 0 radical (unpaired) electrons. The maximum absolute atomic E-state index is 12.4. The summed E-state index contributed by atoms with van der Waals surface area (Å²) in [6, 6.07) is 14.4. The van der Waals surface area contributed by atoms with Gasteiger partial charge >= 0.3 is 0 Å². The van der Waals surface area contributed by atoms with Crippen molar-refractivity contribution in [1.29, 1.82) is 0 Å². The third-order valence-electron chi connectivity index (χ3n) is 4.55. The van der Waals surface area contributed by atoms with Gasteiger partial charge in [0.15, 0.2) is 0 Å². The molecule has 0 aliphatic heterocycles. The molecule has 0 bridgehead atoms. The highest BCUT2D eigenvalue weighted by Crippen LogP contribution is 2.33. The first kappa shape index (κ1) is 20.2. The van der Waals surface area contributed by atoms with E-state index in [0.717, 1.165) is 57.5 Å². The molecule has 0 aliphatic rings. The number of nitrogens with zero attached hydrogens (tertiary/aromatic N) is 2. The van der Waals surface area contributed by atoms with E-state index in [1.165, 1.54) is 11.5 Å². The molecule has 3 aromatic rings. The molecule has 0 saturated heterocycles. The first-order valence-corrected chi connectivity index (χ1v) is 10.8. The van der Waals surface area contributed by atoms with Crippen LogP contribution in [0.4, 0.5) is 4.39 Å². The lowest BCUT2D eigenvalue weighted by Gasteiger charge is -2.18.